The molecular formula is C7H8BrN. The van der Waals surface area contributed by atoms with Crippen LogP contribution in [0.25, 0.3) is 0 Å². The Hall–Kier alpha value is -0.110. The van der Waals surface area contributed by atoms with E-state index in [0.717, 1.165) is 12.3 Å². The summed E-state index contributed by atoms with van der Waals surface area (Å²) in [6, 6.07) is 0. The molecule has 0 spiro atoms. The number of allylic oxidation sites excluding steroid dienone is 2. The maximum Gasteiger partial charge on any atom is 0.0535 e. The molecule has 9 heavy (non-hydrogen) atoms. The first-order chi connectivity index (χ1) is 4.38. The summed E-state index contributed by atoms with van der Waals surface area (Å²) in [5, 5.41) is 0. The van der Waals surface area contributed by atoms with Crippen LogP contribution in [-0.2, 0) is 0 Å². The van der Waals surface area contributed by atoms with Crippen molar-refractivity contribution in [2.75, 3.05) is 0 Å². The van der Waals surface area contributed by atoms with Crippen LogP contribution < -0.4 is 0 Å². The van der Waals surface area contributed by atoms with Crippen LogP contribution in [0.2, 0.25) is 0 Å². The lowest BCUT2D eigenvalue weighted by atomic mass is 10.3. The lowest BCUT2D eigenvalue weighted by Crippen LogP contribution is -1.77. The average molecular weight is 186 g/mol. The highest BCUT2D eigenvalue weighted by Crippen LogP contribution is 2.42. The van der Waals surface area contributed by atoms with Gasteiger partial charge in [0.2, 0.25) is 0 Å². The summed E-state index contributed by atoms with van der Waals surface area (Å²) in [4.78, 5) is 4.29. The molecule has 0 aromatic rings. The topological polar surface area (TPSA) is 12.4 Å². The molecule has 0 amide bonds. The van der Waals surface area contributed by atoms with E-state index in [9.17, 15) is 0 Å². The number of hydrogen-bond donors (Lipinski definition) is 0. The van der Waals surface area contributed by atoms with Crippen molar-refractivity contribution in [3.63, 3.8) is 0 Å². The van der Waals surface area contributed by atoms with Crippen LogP contribution in [0.5, 0.6) is 0 Å². The number of hydrogen-bond acceptors (Lipinski definition) is 1. The van der Waals surface area contributed by atoms with E-state index < -0.39 is 0 Å². The minimum atomic E-state index is 0.804. The van der Waals surface area contributed by atoms with E-state index in [4.69, 9.17) is 0 Å². The first kappa shape index (κ1) is 5.66. The SMILES string of the molecule is BrC1=C(C2CC2)N=CC1. The van der Waals surface area contributed by atoms with Crippen LogP contribution in [0.15, 0.2) is 15.2 Å². The summed E-state index contributed by atoms with van der Waals surface area (Å²) in [6.07, 6.45) is 5.70. The summed E-state index contributed by atoms with van der Waals surface area (Å²) in [7, 11) is 0. The molecule has 0 unspecified atom stereocenters. The Morgan fingerprint density at radius 2 is 2.33 bits per heavy atom. The molecule has 0 aromatic heterocycles. The molecule has 1 heterocycles. The van der Waals surface area contributed by atoms with Crippen LogP contribution in [0.3, 0.4) is 0 Å². The van der Waals surface area contributed by atoms with Crippen LogP contribution in [0.1, 0.15) is 19.3 Å². The molecule has 0 bridgehead atoms. The zero-order chi connectivity index (χ0) is 6.27. The molecule has 48 valence electrons. The number of rotatable bonds is 1. The predicted molar refractivity (Wildman–Crippen MR) is 41.8 cm³/mol. The van der Waals surface area contributed by atoms with Gasteiger partial charge >= 0.3 is 0 Å². The Labute approximate surface area is 63.0 Å². The third-order valence-corrected chi connectivity index (χ3v) is 2.47. The number of nitrogens with zero attached hydrogens (tertiary/aromatic N) is 1. The third kappa shape index (κ3) is 0.960. The number of halogens is 1. The first-order valence-corrected chi connectivity index (χ1v) is 4.08. The molecule has 2 aliphatic rings. The number of aliphatic imine (C=N–C) groups is 1. The van der Waals surface area contributed by atoms with Gasteiger partial charge in [-0.15, -0.1) is 0 Å². The normalized spacial score (nSPS) is 25.9. The molecule has 0 saturated heterocycles. The fourth-order valence-corrected chi connectivity index (χ4v) is 1.65. The van der Waals surface area contributed by atoms with Crippen molar-refractivity contribution in [2.45, 2.75) is 19.3 Å². The van der Waals surface area contributed by atoms with Gasteiger partial charge in [0.15, 0.2) is 0 Å². The van der Waals surface area contributed by atoms with E-state index in [1.165, 1.54) is 23.0 Å². The van der Waals surface area contributed by atoms with Crippen molar-refractivity contribution in [3.8, 4) is 0 Å². The standard InChI is InChI=1S/C7H8BrN/c8-6-3-4-9-7(6)5-1-2-5/h4-5H,1-3H2. The molecule has 1 aliphatic heterocycles. The van der Waals surface area contributed by atoms with E-state index in [-0.39, 0.29) is 0 Å². The Morgan fingerprint density at radius 3 is 2.78 bits per heavy atom. The van der Waals surface area contributed by atoms with Crippen LogP contribution in [0.4, 0.5) is 0 Å². The zero-order valence-electron chi connectivity index (χ0n) is 5.10. The van der Waals surface area contributed by atoms with Gasteiger partial charge in [-0.05, 0) is 12.8 Å². The fourth-order valence-electron chi connectivity index (χ4n) is 1.08. The highest BCUT2D eigenvalue weighted by atomic mass is 79.9. The van der Waals surface area contributed by atoms with Crippen molar-refractivity contribution < 1.29 is 0 Å². The van der Waals surface area contributed by atoms with Crippen molar-refractivity contribution in [1.29, 1.82) is 0 Å². The van der Waals surface area contributed by atoms with E-state index in [0.29, 0.717) is 0 Å². The molecule has 1 aliphatic carbocycles. The van der Waals surface area contributed by atoms with Crippen molar-refractivity contribution in [1.82, 2.24) is 0 Å². The fraction of sp³-hybridized carbons (Fsp3) is 0.571. The van der Waals surface area contributed by atoms with Gasteiger partial charge in [0.25, 0.3) is 0 Å². The maximum absolute atomic E-state index is 4.29. The predicted octanol–water partition coefficient (Wildman–Crippen LogP) is 2.48. The molecule has 1 saturated carbocycles. The summed E-state index contributed by atoms with van der Waals surface area (Å²) < 4.78 is 1.31. The first-order valence-electron chi connectivity index (χ1n) is 3.29. The largest absolute Gasteiger partial charge is 0.264 e. The van der Waals surface area contributed by atoms with Crippen molar-refractivity contribution in [3.05, 3.63) is 10.2 Å². The molecule has 0 aromatic carbocycles. The maximum atomic E-state index is 4.29. The summed E-state index contributed by atoms with van der Waals surface area (Å²) in [5.74, 6) is 0.804. The van der Waals surface area contributed by atoms with E-state index >= 15 is 0 Å². The quantitative estimate of drug-likeness (QED) is 0.596. The Kier molecular flexibility index (Phi) is 1.22. The second-order valence-corrected chi connectivity index (χ2v) is 3.54. The highest BCUT2D eigenvalue weighted by molar-refractivity contribution is 9.11. The lowest BCUT2D eigenvalue weighted by molar-refractivity contribution is 0.986. The van der Waals surface area contributed by atoms with Gasteiger partial charge in [0.05, 0.1) is 5.70 Å². The van der Waals surface area contributed by atoms with E-state index in [2.05, 4.69) is 20.9 Å². The van der Waals surface area contributed by atoms with Crippen LogP contribution in [-0.4, -0.2) is 6.21 Å². The molecule has 1 nitrogen and oxygen atoms in total. The van der Waals surface area contributed by atoms with Crippen molar-refractivity contribution in [2.24, 2.45) is 10.9 Å². The Morgan fingerprint density at radius 1 is 1.56 bits per heavy atom. The van der Waals surface area contributed by atoms with Gasteiger partial charge in [-0.1, -0.05) is 15.9 Å². The van der Waals surface area contributed by atoms with Gasteiger partial charge in [-0.3, -0.25) is 4.99 Å². The van der Waals surface area contributed by atoms with Gasteiger partial charge in [-0.25, -0.2) is 0 Å². The summed E-state index contributed by atoms with van der Waals surface area (Å²) >= 11 is 3.50. The second-order valence-electron chi connectivity index (χ2n) is 2.58. The van der Waals surface area contributed by atoms with Crippen molar-refractivity contribution >= 4 is 22.1 Å². The van der Waals surface area contributed by atoms with Crippen LogP contribution >= 0.6 is 15.9 Å². The van der Waals surface area contributed by atoms with E-state index in [1.54, 1.807) is 0 Å². The Bertz CT molecular complexity index is 189. The molecule has 0 radical (unpaired) electrons. The van der Waals surface area contributed by atoms with Gasteiger partial charge in [-0.2, -0.15) is 0 Å². The molecule has 0 atom stereocenters. The van der Waals surface area contributed by atoms with Gasteiger partial charge in [0, 0.05) is 23.0 Å². The summed E-state index contributed by atoms with van der Waals surface area (Å²) in [5.41, 5.74) is 1.31. The summed E-state index contributed by atoms with van der Waals surface area (Å²) in [6.45, 7) is 0. The van der Waals surface area contributed by atoms with Crippen LogP contribution in [0, 0.1) is 5.92 Å². The lowest BCUT2D eigenvalue weighted by Gasteiger charge is -1.92. The minimum Gasteiger partial charge on any atom is -0.264 e. The zero-order valence-corrected chi connectivity index (χ0v) is 6.69. The molecule has 1 fully saturated rings. The molecular weight excluding hydrogens is 178 g/mol. The minimum absolute atomic E-state index is 0.804. The molecule has 0 N–H and O–H groups in total. The molecule has 2 rings (SSSR count). The molecule has 2 heteroatoms. The smallest absolute Gasteiger partial charge is 0.0535 e. The second kappa shape index (κ2) is 1.94. The van der Waals surface area contributed by atoms with Gasteiger partial charge in [0.1, 0.15) is 0 Å². The Balaban J connectivity index is 2.22. The monoisotopic (exact) mass is 185 g/mol. The van der Waals surface area contributed by atoms with E-state index in [1.807, 2.05) is 6.21 Å². The highest BCUT2D eigenvalue weighted by Gasteiger charge is 2.28. The van der Waals surface area contributed by atoms with Gasteiger partial charge < -0.3 is 0 Å². The third-order valence-electron chi connectivity index (χ3n) is 1.74. The average Bonchev–Trinajstić information content (AvgIpc) is 2.58.